The van der Waals surface area contributed by atoms with E-state index in [4.69, 9.17) is 10.8 Å². The average molecular weight is 297 g/mol. The predicted octanol–water partition coefficient (Wildman–Crippen LogP) is 0.133. The van der Waals surface area contributed by atoms with Crippen molar-refractivity contribution in [3.8, 4) is 0 Å². The molecule has 0 spiro atoms. The van der Waals surface area contributed by atoms with Gasteiger partial charge in [-0.15, -0.1) is 5.10 Å². The molecule has 0 bridgehead atoms. The van der Waals surface area contributed by atoms with Crippen molar-refractivity contribution < 1.29 is 14.7 Å². The van der Waals surface area contributed by atoms with Crippen LogP contribution in [0, 0.1) is 5.92 Å². The Bertz CT molecular complexity index is 474. The van der Waals surface area contributed by atoms with Gasteiger partial charge in [-0.3, -0.25) is 9.59 Å². The number of nitrogens with two attached hydrogens (primary N) is 1. The number of nitrogens with one attached hydrogen (secondary N) is 1. The summed E-state index contributed by atoms with van der Waals surface area (Å²) in [5, 5.41) is 19.2. The molecule has 1 amide bonds. The quantitative estimate of drug-likeness (QED) is 0.595. The molecule has 0 aromatic carbocycles. The van der Waals surface area contributed by atoms with Crippen LogP contribution in [0.4, 0.5) is 0 Å². The van der Waals surface area contributed by atoms with Gasteiger partial charge in [0.1, 0.15) is 6.54 Å². The largest absolute Gasteiger partial charge is 0.481 e. The fourth-order valence-corrected chi connectivity index (χ4v) is 1.90. The molecule has 1 rings (SSSR count). The zero-order valence-electron chi connectivity index (χ0n) is 12.5. The third-order valence-electron chi connectivity index (χ3n) is 3.20. The number of rotatable bonds is 9. The number of carbonyl (C=O) groups excluding carboxylic acids is 1. The molecular weight excluding hydrogens is 274 g/mol. The van der Waals surface area contributed by atoms with Crippen LogP contribution >= 0.6 is 0 Å². The first-order valence-corrected chi connectivity index (χ1v) is 7.03. The van der Waals surface area contributed by atoms with Crippen molar-refractivity contribution in [1.82, 2.24) is 20.3 Å². The van der Waals surface area contributed by atoms with E-state index in [1.165, 1.54) is 4.68 Å². The van der Waals surface area contributed by atoms with Gasteiger partial charge >= 0.3 is 5.97 Å². The van der Waals surface area contributed by atoms with E-state index in [1.54, 1.807) is 13.1 Å². The van der Waals surface area contributed by atoms with E-state index in [0.717, 1.165) is 12.8 Å². The van der Waals surface area contributed by atoms with E-state index < -0.39 is 5.97 Å². The van der Waals surface area contributed by atoms with Gasteiger partial charge in [0, 0.05) is 12.6 Å². The molecule has 8 heteroatoms. The first kappa shape index (κ1) is 17.1. The van der Waals surface area contributed by atoms with Gasteiger partial charge < -0.3 is 16.2 Å². The average Bonchev–Trinajstić information content (AvgIpc) is 2.85. The van der Waals surface area contributed by atoms with Gasteiger partial charge in [0.25, 0.3) is 0 Å². The highest BCUT2D eigenvalue weighted by atomic mass is 16.4. The minimum absolute atomic E-state index is 0.00371. The summed E-state index contributed by atoms with van der Waals surface area (Å²) < 4.78 is 1.44. The fraction of sp³-hybridized carbons (Fsp3) is 0.692. The number of hydrogen-bond donors (Lipinski definition) is 3. The number of hydrogen-bond acceptors (Lipinski definition) is 5. The van der Waals surface area contributed by atoms with Gasteiger partial charge in [-0.1, -0.05) is 18.6 Å². The molecule has 8 nitrogen and oxygen atoms in total. The molecule has 0 aliphatic carbocycles. The normalized spacial score (nSPS) is 13.7. The number of aliphatic carboxylic acids is 1. The Labute approximate surface area is 123 Å². The van der Waals surface area contributed by atoms with Crippen LogP contribution in [0.1, 0.15) is 38.8 Å². The first-order valence-electron chi connectivity index (χ1n) is 7.03. The van der Waals surface area contributed by atoms with E-state index in [2.05, 4.69) is 15.6 Å². The summed E-state index contributed by atoms with van der Waals surface area (Å²) in [7, 11) is 0. The molecule has 1 aromatic heterocycles. The molecule has 0 aliphatic rings. The molecule has 0 radical (unpaired) electrons. The number of amides is 1. The number of carboxylic acids is 1. The number of carbonyl (C=O) groups is 2. The molecule has 0 saturated carbocycles. The Kier molecular flexibility index (Phi) is 6.80. The number of carboxylic acid groups (broad SMARTS) is 1. The standard InChI is InChI=1S/C13H23N5O3/c1-9(13(20)21)4-3-5-10(2)15-12(19)8-18-7-11(6-14)16-17-18/h7,9-10H,3-6,8,14H2,1-2H3,(H,15,19)(H,20,21). The molecule has 0 fully saturated rings. The zero-order valence-corrected chi connectivity index (χ0v) is 12.5. The maximum absolute atomic E-state index is 11.8. The topological polar surface area (TPSA) is 123 Å². The summed E-state index contributed by atoms with van der Waals surface area (Å²) in [5.74, 6) is -1.28. The van der Waals surface area contributed by atoms with Crippen molar-refractivity contribution in [1.29, 1.82) is 0 Å². The van der Waals surface area contributed by atoms with E-state index >= 15 is 0 Å². The second kappa shape index (κ2) is 8.35. The Hall–Kier alpha value is -1.96. The molecule has 2 unspecified atom stereocenters. The van der Waals surface area contributed by atoms with Gasteiger partial charge in [-0.05, 0) is 19.8 Å². The third kappa shape index (κ3) is 6.35. The summed E-state index contributed by atoms with van der Waals surface area (Å²) in [6.07, 6.45) is 3.75. The van der Waals surface area contributed by atoms with Crippen molar-refractivity contribution >= 4 is 11.9 Å². The Morgan fingerprint density at radius 3 is 2.71 bits per heavy atom. The highest BCUT2D eigenvalue weighted by Crippen LogP contribution is 2.09. The summed E-state index contributed by atoms with van der Waals surface area (Å²) in [5.41, 5.74) is 6.05. The monoisotopic (exact) mass is 297 g/mol. The maximum atomic E-state index is 11.8. The zero-order chi connectivity index (χ0) is 15.8. The SMILES string of the molecule is CC(CCCC(C)C(=O)O)NC(=O)Cn1cc(CN)nn1. The van der Waals surface area contributed by atoms with Gasteiger partial charge in [-0.25, -0.2) is 4.68 Å². The summed E-state index contributed by atoms with van der Waals surface area (Å²) in [4.78, 5) is 22.5. The Balaban J connectivity index is 2.25. The maximum Gasteiger partial charge on any atom is 0.306 e. The molecule has 0 aliphatic heterocycles. The minimum Gasteiger partial charge on any atom is -0.481 e. The molecule has 2 atom stereocenters. The van der Waals surface area contributed by atoms with E-state index in [9.17, 15) is 9.59 Å². The second-order valence-corrected chi connectivity index (χ2v) is 5.25. The van der Waals surface area contributed by atoms with Crippen LogP contribution < -0.4 is 11.1 Å². The van der Waals surface area contributed by atoms with E-state index in [-0.39, 0.29) is 24.4 Å². The Morgan fingerprint density at radius 2 is 2.14 bits per heavy atom. The van der Waals surface area contributed by atoms with Crippen LogP contribution in [0.15, 0.2) is 6.20 Å². The van der Waals surface area contributed by atoms with Gasteiger partial charge in [0.2, 0.25) is 5.91 Å². The second-order valence-electron chi connectivity index (χ2n) is 5.25. The van der Waals surface area contributed by atoms with Crippen LogP contribution in [0.5, 0.6) is 0 Å². The highest BCUT2D eigenvalue weighted by Gasteiger charge is 2.13. The smallest absolute Gasteiger partial charge is 0.306 e. The van der Waals surface area contributed by atoms with Crippen molar-refractivity contribution in [3.05, 3.63) is 11.9 Å². The minimum atomic E-state index is -0.784. The van der Waals surface area contributed by atoms with E-state index in [1.807, 2.05) is 6.92 Å². The highest BCUT2D eigenvalue weighted by molar-refractivity contribution is 5.75. The van der Waals surface area contributed by atoms with Crippen LogP contribution in [0.25, 0.3) is 0 Å². The summed E-state index contributed by atoms with van der Waals surface area (Å²) in [6.45, 7) is 3.98. The molecular formula is C13H23N5O3. The predicted molar refractivity (Wildman–Crippen MR) is 76.2 cm³/mol. The lowest BCUT2D eigenvalue weighted by atomic mass is 10.0. The molecule has 1 aromatic rings. The summed E-state index contributed by atoms with van der Waals surface area (Å²) >= 11 is 0. The fourth-order valence-electron chi connectivity index (χ4n) is 1.90. The van der Waals surface area contributed by atoms with Gasteiger partial charge in [-0.2, -0.15) is 0 Å². The van der Waals surface area contributed by atoms with Crippen molar-refractivity contribution in [3.63, 3.8) is 0 Å². The van der Waals surface area contributed by atoms with Gasteiger partial charge in [0.05, 0.1) is 17.8 Å². The molecule has 4 N–H and O–H groups in total. The third-order valence-corrected chi connectivity index (χ3v) is 3.20. The van der Waals surface area contributed by atoms with Crippen LogP contribution in [-0.2, 0) is 22.7 Å². The number of nitrogens with zero attached hydrogens (tertiary/aromatic N) is 3. The van der Waals surface area contributed by atoms with Crippen molar-refractivity contribution in [2.45, 2.75) is 52.2 Å². The molecule has 0 saturated heterocycles. The van der Waals surface area contributed by atoms with Crippen LogP contribution in [0.2, 0.25) is 0 Å². The summed E-state index contributed by atoms with van der Waals surface area (Å²) in [6, 6.07) is -0.00371. The number of aromatic nitrogens is 3. The van der Waals surface area contributed by atoms with Crippen molar-refractivity contribution in [2.24, 2.45) is 11.7 Å². The lowest BCUT2D eigenvalue weighted by molar-refractivity contribution is -0.141. The van der Waals surface area contributed by atoms with Crippen LogP contribution in [0.3, 0.4) is 0 Å². The molecule has 21 heavy (non-hydrogen) atoms. The van der Waals surface area contributed by atoms with E-state index in [0.29, 0.717) is 18.7 Å². The first-order chi connectivity index (χ1) is 9.92. The van der Waals surface area contributed by atoms with Crippen LogP contribution in [-0.4, -0.2) is 38.0 Å². The molecule has 1 heterocycles. The van der Waals surface area contributed by atoms with Crippen molar-refractivity contribution in [2.75, 3.05) is 0 Å². The lowest BCUT2D eigenvalue weighted by Gasteiger charge is -2.14. The van der Waals surface area contributed by atoms with Gasteiger partial charge in [0.15, 0.2) is 0 Å². The Morgan fingerprint density at radius 1 is 1.43 bits per heavy atom. The lowest BCUT2D eigenvalue weighted by Crippen LogP contribution is -2.35. The molecule has 118 valence electrons.